The number of nitrogens with zero attached hydrogens (tertiary/aromatic N) is 1. The van der Waals surface area contributed by atoms with Crippen molar-refractivity contribution in [3.8, 4) is 0 Å². The molecule has 0 aromatic carbocycles. The Labute approximate surface area is 170 Å². The number of carbonyl (C=O) groups is 2. The number of nitrogens with one attached hydrogen (secondary N) is 2. The number of alkyl halides is 3. The summed E-state index contributed by atoms with van der Waals surface area (Å²) < 4.78 is -1.50. The van der Waals surface area contributed by atoms with Crippen molar-refractivity contribution < 1.29 is 14.7 Å². The zero-order valence-electron chi connectivity index (χ0n) is 15.6. The van der Waals surface area contributed by atoms with E-state index in [1.54, 1.807) is 0 Å². The fraction of sp³-hybridized carbons (Fsp3) is 0.765. The maximum atomic E-state index is 10.7. The largest absolute Gasteiger partial charge is 0.481 e. The van der Waals surface area contributed by atoms with Gasteiger partial charge in [-0.05, 0) is 25.2 Å². The van der Waals surface area contributed by atoms with Crippen LogP contribution in [-0.4, -0.2) is 58.5 Å². The van der Waals surface area contributed by atoms with Crippen molar-refractivity contribution in [3.63, 3.8) is 0 Å². The minimum absolute atomic E-state index is 0.0386. The minimum Gasteiger partial charge on any atom is -0.481 e. The third-order valence-corrected chi connectivity index (χ3v) is 5.36. The zero-order chi connectivity index (χ0) is 20.1. The fourth-order valence-corrected chi connectivity index (χ4v) is 3.83. The summed E-state index contributed by atoms with van der Waals surface area (Å²) in [6, 6.07) is 0. The third-order valence-electron chi connectivity index (χ3n) is 4.74. The second kappa shape index (κ2) is 9.60. The number of amides is 1. The van der Waals surface area contributed by atoms with E-state index in [0.717, 1.165) is 26.2 Å². The smallest absolute Gasteiger partial charge is 0.307 e. The van der Waals surface area contributed by atoms with Crippen LogP contribution in [-0.2, 0) is 9.59 Å². The van der Waals surface area contributed by atoms with Crippen LogP contribution >= 0.6 is 34.8 Å². The highest BCUT2D eigenvalue weighted by atomic mass is 35.6. The molecule has 1 saturated carbocycles. The molecule has 0 aromatic rings. The molecule has 1 aliphatic heterocycles. The van der Waals surface area contributed by atoms with E-state index < -0.39 is 15.9 Å². The molecule has 6 nitrogen and oxygen atoms in total. The van der Waals surface area contributed by atoms with Gasteiger partial charge in [-0.2, -0.15) is 0 Å². The van der Waals surface area contributed by atoms with Gasteiger partial charge in [0.25, 0.3) is 0 Å². The number of hydrogen-bond donors (Lipinski definition) is 3. The monoisotopic (exact) mass is 427 g/mol. The normalized spacial score (nSPS) is 26.0. The summed E-state index contributed by atoms with van der Waals surface area (Å²) in [5.74, 6) is -0.602. The summed E-state index contributed by atoms with van der Waals surface area (Å²) >= 11 is 17.3. The topological polar surface area (TPSA) is 81.7 Å². The minimum atomic E-state index is -1.50. The van der Waals surface area contributed by atoms with Crippen LogP contribution in [0.1, 0.15) is 27.7 Å². The van der Waals surface area contributed by atoms with E-state index in [1.165, 1.54) is 5.57 Å². The van der Waals surface area contributed by atoms with E-state index in [4.69, 9.17) is 39.9 Å². The lowest BCUT2D eigenvalue weighted by atomic mass is 10.1. The molecule has 0 aromatic heterocycles. The van der Waals surface area contributed by atoms with Gasteiger partial charge >= 0.3 is 5.97 Å². The first-order valence-corrected chi connectivity index (χ1v) is 9.65. The average molecular weight is 429 g/mol. The van der Waals surface area contributed by atoms with Gasteiger partial charge in [-0.25, -0.2) is 0 Å². The van der Waals surface area contributed by atoms with Gasteiger partial charge in [0.2, 0.25) is 10.2 Å². The van der Waals surface area contributed by atoms with E-state index >= 15 is 0 Å². The van der Waals surface area contributed by atoms with Gasteiger partial charge in [0.05, 0.1) is 5.92 Å². The van der Waals surface area contributed by atoms with E-state index in [1.807, 2.05) is 32.6 Å². The van der Waals surface area contributed by atoms with Gasteiger partial charge in [-0.15, -0.1) is 0 Å². The van der Waals surface area contributed by atoms with E-state index in [0.29, 0.717) is 6.41 Å². The molecule has 3 unspecified atom stereocenters. The van der Waals surface area contributed by atoms with Gasteiger partial charge in [0, 0.05) is 26.2 Å². The van der Waals surface area contributed by atoms with Crippen molar-refractivity contribution in [2.75, 3.05) is 26.2 Å². The van der Waals surface area contributed by atoms with Crippen molar-refractivity contribution in [1.29, 1.82) is 0 Å². The van der Waals surface area contributed by atoms with Crippen LogP contribution in [0.4, 0.5) is 0 Å². The van der Waals surface area contributed by atoms with Crippen molar-refractivity contribution in [1.82, 2.24) is 15.5 Å². The van der Waals surface area contributed by atoms with Crippen molar-refractivity contribution in [3.05, 3.63) is 11.6 Å². The van der Waals surface area contributed by atoms with Crippen LogP contribution in [0.5, 0.6) is 0 Å². The summed E-state index contributed by atoms with van der Waals surface area (Å²) in [6.07, 6.45) is 2.06. The molecule has 0 spiro atoms. The van der Waals surface area contributed by atoms with Crippen LogP contribution in [0.15, 0.2) is 11.6 Å². The predicted octanol–water partition coefficient (Wildman–Crippen LogP) is 2.64. The van der Waals surface area contributed by atoms with Gasteiger partial charge < -0.3 is 15.7 Å². The molecule has 1 saturated heterocycles. The fourth-order valence-electron chi connectivity index (χ4n) is 3.23. The first-order valence-electron chi connectivity index (χ1n) is 8.52. The maximum absolute atomic E-state index is 10.7. The number of allylic oxidation sites excluding steroid dienone is 2. The molecule has 9 heteroatoms. The van der Waals surface area contributed by atoms with E-state index in [-0.39, 0.29) is 17.3 Å². The van der Waals surface area contributed by atoms with Gasteiger partial charge in [-0.1, -0.05) is 60.3 Å². The Hall–Kier alpha value is -0.530. The number of carboxylic acids is 1. The van der Waals surface area contributed by atoms with Gasteiger partial charge in [0.1, 0.15) is 6.17 Å². The van der Waals surface area contributed by atoms with Crippen LogP contribution in [0.25, 0.3) is 0 Å². The second-order valence-corrected chi connectivity index (χ2v) is 9.79. The molecular formula is C17H28Cl3N3O3. The molecule has 3 atom stereocenters. The molecule has 1 aliphatic carbocycles. The molecular weight excluding hydrogens is 401 g/mol. The summed E-state index contributed by atoms with van der Waals surface area (Å²) in [5.41, 5.74) is 1.17. The number of aliphatic carboxylic acids is 1. The van der Waals surface area contributed by atoms with Crippen LogP contribution < -0.4 is 10.6 Å². The number of carboxylic acid groups (broad SMARTS) is 1. The Morgan fingerprint density at radius 2 is 1.85 bits per heavy atom. The molecule has 150 valence electrons. The lowest BCUT2D eigenvalue weighted by Gasteiger charge is -2.37. The Kier molecular flexibility index (Phi) is 8.68. The Balaban J connectivity index is 0.000000263. The third kappa shape index (κ3) is 6.57. The lowest BCUT2D eigenvalue weighted by molar-refractivity contribution is -0.139. The Morgan fingerprint density at radius 3 is 2.19 bits per heavy atom. The zero-order valence-corrected chi connectivity index (χ0v) is 17.8. The summed E-state index contributed by atoms with van der Waals surface area (Å²) in [6.45, 7) is 11.2. The first-order chi connectivity index (χ1) is 11.9. The lowest BCUT2D eigenvalue weighted by Crippen LogP contribution is -2.58. The average Bonchev–Trinajstić information content (AvgIpc) is 3.05. The molecule has 26 heavy (non-hydrogen) atoms. The number of rotatable bonds is 5. The van der Waals surface area contributed by atoms with Gasteiger partial charge in [-0.3, -0.25) is 14.5 Å². The summed E-state index contributed by atoms with van der Waals surface area (Å²) in [5, 5.41) is 14.5. The van der Waals surface area contributed by atoms with Crippen LogP contribution in [0.3, 0.4) is 0 Å². The predicted molar refractivity (Wildman–Crippen MR) is 106 cm³/mol. The molecule has 2 rings (SSSR count). The van der Waals surface area contributed by atoms with Crippen molar-refractivity contribution in [2.24, 2.45) is 17.3 Å². The first kappa shape index (κ1) is 23.5. The molecule has 0 bridgehead atoms. The summed E-state index contributed by atoms with van der Waals surface area (Å²) in [4.78, 5) is 23.0. The quantitative estimate of drug-likeness (QED) is 0.356. The molecule has 2 fully saturated rings. The molecule has 1 amide bonds. The Morgan fingerprint density at radius 1 is 1.31 bits per heavy atom. The molecule has 2 aliphatic rings. The highest BCUT2D eigenvalue weighted by molar-refractivity contribution is 6.68. The van der Waals surface area contributed by atoms with Gasteiger partial charge in [0.15, 0.2) is 0 Å². The molecule has 3 N–H and O–H groups in total. The number of hydrogen-bond acceptors (Lipinski definition) is 4. The number of piperazine rings is 1. The Bertz CT molecular complexity index is 525. The standard InChI is InChI=1S/C10H16O2.C7H12Cl3N3O/c1-6(2)5-7-8(9(11)12)10(7,3)4;8-7(9,10)6(12-5-14)13-3-1-11-2-4-13/h5,7-8H,1-4H3,(H,11,12);5-6,11H,1-4H2,(H,12,14). The van der Waals surface area contributed by atoms with E-state index in [2.05, 4.69) is 16.7 Å². The maximum Gasteiger partial charge on any atom is 0.307 e. The number of halogens is 3. The second-order valence-electron chi connectivity index (χ2n) is 7.42. The van der Waals surface area contributed by atoms with Crippen LogP contribution in [0, 0.1) is 17.3 Å². The van der Waals surface area contributed by atoms with Crippen molar-refractivity contribution >= 4 is 47.2 Å². The summed E-state index contributed by atoms with van der Waals surface area (Å²) in [7, 11) is 0. The number of carbonyl (C=O) groups excluding carboxylic acids is 1. The van der Waals surface area contributed by atoms with Crippen molar-refractivity contribution in [2.45, 2.75) is 37.7 Å². The molecule has 1 heterocycles. The SMILES string of the molecule is CC(C)=CC1C(C(=O)O)C1(C)C.O=CNC(N1CCNCC1)C(Cl)(Cl)Cl. The van der Waals surface area contributed by atoms with Crippen LogP contribution in [0.2, 0.25) is 0 Å². The highest BCUT2D eigenvalue weighted by Gasteiger charge is 2.60. The highest BCUT2D eigenvalue weighted by Crippen LogP contribution is 2.59. The van der Waals surface area contributed by atoms with E-state index in [9.17, 15) is 9.59 Å². The molecule has 0 radical (unpaired) electrons.